The molecule has 0 radical (unpaired) electrons. The Hall–Kier alpha value is 0.610. The molecule has 0 unspecified atom stereocenters. The molecule has 0 aromatic rings. The van der Waals surface area contributed by atoms with Gasteiger partial charge in [-0.05, 0) is 0 Å². The van der Waals surface area contributed by atoms with Gasteiger partial charge in [0.15, 0.2) is 5.79 Å². The summed E-state index contributed by atoms with van der Waals surface area (Å²) in [6.45, 7) is 1.43. The molecule has 11 heavy (non-hydrogen) atoms. The van der Waals surface area contributed by atoms with Crippen LogP contribution in [0, 0.1) is 0 Å². The van der Waals surface area contributed by atoms with Gasteiger partial charge in [-0.15, -0.1) is 0 Å². The Morgan fingerprint density at radius 2 is 2.09 bits per heavy atom. The zero-order valence-electron chi connectivity index (χ0n) is 6.80. The summed E-state index contributed by atoms with van der Waals surface area (Å²) in [6.07, 6.45) is 0.813. The van der Waals surface area contributed by atoms with Gasteiger partial charge < -0.3 is 14.2 Å². The summed E-state index contributed by atoms with van der Waals surface area (Å²) in [6, 6.07) is 0. The molecule has 0 spiro atoms. The first kappa shape index (κ1) is 9.70. The van der Waals surface area contributed by atoms with Crippen molar-refractivity contribution in [2.24, 2.45) is 0 Å². The van der Waals surface area contributed by atoms with Gasteiger partial charge in [0, 0.05) is 20.6 Å². The van der Waals surface area contributed by atoms with Gasteiger partial charge in [0.05, 0.1) is 17.1 Å². The summed E-state index contributed by atoms with van der Waals surface area (Å²) in [5, 5.41) is 0. The minimum atomic E-state index is -0.418. The van der Waals surface area contributed by atoms with Crippen LogP contribution in [0.1, 0.15) is 6.42 Å². The molecule has 1 rings (SSSR count). The lowest BCUT2D eigenvalue weighted by Crippen LogP contribution is -2.49. The minimum absolute atomic E-state index is 0.281. The van der Waals surface area contributed by atoms with E-state index in [0.29, 0.717) is 6.61 Å². The van der Waals surface area contributed by atoms with Crippen molar-refractivity contribution in [2.75, 3.05) is 27.4 Å². The Kier molecular flexibility index (Phi) is 3.54. The third-order valence-corrected chi connectivity index (χ3v) is 3.34. The molecule has 1 aliphatic rings. The summed E-state index contributed by atoms with van der Waals surface area (Å²) in [5.74, 6) is -0.418. The van der Waals surface area contributed by atoms with E-state index in [1.165, 1.54) is 0 Å². The molecule has 1 atom stereocenters. The fourth-order valence-corrected chi connectivity index (χ4v) is 2.30. The molecule has 1 saturated heterocycles. The van der Waals surface area contributed by atoms with Crippen LogP contribution in [0.25, 0.3) is 0 Å². The van der Waals surface area contributed by atoms with Crippen molar-refractivity contribution < 1.29 is 14.2 Å². The van der Waals surface area contributed by atoms with E-state index >= 15 is 0 Å². The molecule has 0 aromatic carbocycles. The molecular weight excluding hydrogens is 259 g/mol. The molecule has 66 valence electrons. The van der Waals surface area contributed by atoms with Crippen LogP contribution in [0.2, 0.25) is 0 Å². The molecule has 0 amide bonds. The third-order valence-electron chi connectivity index (χ3n) is 2.03. The maximum Gasteiger partial charge on any atom is 0.183 e. The van der Waals surface area contributed by atoms with Crippen molar-refractivity contribution in [1.29, 1.82) is 0 Å². The van der Waals surface area contributed by atoms with Crippen molar-refractivity contribution in [1.82, 2.24) is 0 Å². The molecule has 1 heterocycles. The smallest absolute Gasteiger partial charge is 0.183 e. The number of hydrogen-bond acceptors (Lipinski definition) is 3. The molecule has 0 bridgehead atoms. The Morgan fingerprint density at radius 1 is 1.45 bits per heavy atom. The average Bonchev–Trinajstić information content (AvgIpc) is 2.06. The van der Waals surface area contributed by atoms with Gasteiger partial charge >= 0.3 is 0 Å². The molecule has 4 heteroatoms. The molecule has 0 aliphatic carbocycles. The quantitative estimate of drug-likeness (QED) is 0.429. The number of ether oxygens (including phenoxy) is 3. The number of alkyl halides is 1. The maximum absolute atomic E-state index is 5.33. The van der Waals surface area contributed by atoms with Crippen molar-refractivity contribution in [3.05, 3.63) is 0 Å². The van der Waals surface area contributed by atoms with Crippen molar-refractivity contribution >= 4 is 22.6 Å². The molecular formula is C7H13IO3. The predicted molar refractivity (Wildman–Crippen MR) is 50.0 cm³/mol. The Balaban J connectivity index is 2.61. The average molecular weight is 272 g/mol. The van der Waals surface area contributed by atoms with Gasteiger partial charge in [0.25, 0.3) is 0 Å². The van der Waals surface area contributed by atoms with Gasteiger partial charge in [0.1, 0.15) is 0 Å². The monoisotopic (exact) mass is 272 g/mol. The maximum atomic E-state index is 5.33. The highest BCUT2D eigenvalue weighted by Gasteiger charge is 2.40. The zero-order chi connectivity index (χ0) is 8.32. The van der Waals surface area contributed by atoms with E-state index in [1.54, 1.807) is 14.2 Å². The second-order valence-corrected chi connectivity index (χ2v) is 4.02. The zero-order valence-corrected chi connectivity index (χ0v) is 8.96. The SMILES string of the molecule is COC1(OC)CCOC[C@H]1I. The molecule has 0 aromatic heterocycles. The third kappa shape index (κ3) is 1.85. The van der Waals surface area contributed by atoms with Crippen LogP contribution in [0.15, 0.2) is 0 Å². The Labute approximate surface area is 80.5 Å². The van der Waals surface area contributed by atoms with E-state index in [4.69, 9.17) is 14.2 Å². The van der Waals surface area contributed by atoms with E-state index in [2.05, 4.69) is 22.6 Å². The Morgan fingerprint density at radius 3 is 2.45 bits per heavy atom. The van der Waals surface area contributed by atoms with Gasteiger partial charge in [0.2, 0.25) is 0 Å². The molecule has 0 N–H and O–H groups in total. The lowest BCUT2D eigenvalue weighted by molar-refractivity contribution is -0.234. The van der Waals surface area contributed by atoms with Gasteiger partial charge in [-0.25, -0.2) is 0 Å². The first-order valence-corrected chi connectivity index (χ1v) is 4.82. The van der Waals surface area contributed by atoms with Gasteiger partial charge in [-0.2, -0.15) is 0 Å². The van der Waals surface area contributed by atoms with Crippen molar-refractivity contribution in [3.63, 3.8) is 0 Å². The highest BCUT2D eigenvalue weighted by Crippen LogP contribution is 2.30. The summed E-state index contributed by atoms with van der Waals surface area (Å²) >= 11 is 2.30. The summed E-state index contributed by atoms with van der Waals surface area (Å²) in [4.78, 5) is 0. The summed E-state index contributed by atoms with van der Waals surface area (Å²) < 4.78 is 16.2. The second kappa shape index (κ2) is 4.02. The van der Waals surface area contributed by atoms with Crippen LogP contribution >= 0.6 is 22.6 Å². The lowest BCUT2D eigenvalue weighted by atomic mass is 10.1. The lowest BCUT2D eigenvalue weighted by Gasteiger charge is -2.38. The van der Waals surface area contributed by atoms with Crippen LogP contribution in [0.3, 0.4) is 0 Å². The second-order valence-electron chi connectivity index (χ2n) is 2.51. The summed E-state index contributed by atoms with van der Waals surface area (Å²) in [7, 11) is 3.36. The molecule has 1 aliphatic heterocycles. The van der Waals surface area contributed by atoms with Gasteiger partial charge in [-0.3, -0.25) is 0 Å². The number of methoxy groups -OCH3 is 2. The first-order valence-electron chi connectivity index (χ1n) is 3.57. The fourth-order valence-electron chi connectivity index (χ4n) is 1.23. The first-order chi connectivity index (χ1) is 5.25. The van der Waals surface area contributed by atoms with Crippen molar-refractivity contribution in [2.45, 2.75) is 16.1 Å². The van der Waals surface area contributed by atoms with E-state index in [-0.39, 0.29) is 3.92 Å². The standard InChI is InChI=1S/C7H13IO3/c1-9-7(10-2)3-4-11-5-6(7)8/h6H,3-5H2,1-2H3/t6-/m1/s1. The molecule has 1 fully saturated rings. The normalized spacial score (nSPS) is 30.3. The van der Waals surface area contributed by atoms with Crippen molar-refractivity contribution in [3.8, 4) is 0 Å². The topological polar surface area (TPSA) is 27.7 Å². The largest absolute Gasteiger partial charge is 0.380 e. The molecule has 3 nitrogen and oxygen atoms in total. The number of halogens is 1. The van der Waals surface area contributed by atoms with Crippen LogP contribution in [-0.4, -0.2) is 37.1 Å². The van der Waals surface area contributed by atoms with E-state index in [1.807, 2.05) is 0 Å². The highest BCUT2D eigenvalue weighted by atomic mass is 127. The molecule has 0 saturated carbocycles. The van der Waals surface area contributed by atoms with Crippen LogP contribution in [0.4, 0.5) is 0 Å². The van der Waals surface area contributed by atoms with E-state index in [0.717, 1.165) is 13.0 Å². The van der Waals surface area contributed by atoms with E-state index < -0.39 is 5.79 Å². The highest BCUT2D eigenvalue weighted by molar-refractivity contribution is 14.1. The predicted octanol–water partition coefficient (Wildman–Crippen LogP) is 1.20. The van der Waals surface area contributed by atoms with Crippen LogP contribution in [0.5, 0.6) is 0 Å². The Bertz CT molecular complexity index is 125. The fraction of sp³-hybridized carbons (Fsp3) is 1.00. The minimum Gasteiger partial charge on any atom is -0.380 e. The number of rotatable bonds is 2. The van der Waals surface area contributed by atoms with Crippen LogP contribution in [-0.2, 0) is 14.2 Å². The summed E-state index contributed by atoms with van der Waals surface area (Å²) in [5.41, 5.74) is 0. The van der Waals surface area contributed by atoms with Crippen LogP contribution < -0.4 is 0 Å². The number of hydrogen-bond donors (Lipinski definition) is 0. The van der Waals surface area contributed by atoms with Gasteiger partial charge in [-0.1, -0.05) is 22.6 Å². The van der Waals surface area contributed by atoms with E-state index in [9.17, 15) is 0 Å².